The molecule has 0 aliphatic heterocycles. The van der Waals surface area contributed by atoms with Crippen LogP contribution in [0.2, 0.25) is 0 Å². The van der Waals surface area contributed by atoms with Crippen molar-refractivity contribution in [2.75, 3.05) is 6.54 Å². The molecule has 25 heavy (non-hydrogen) atoms. The number of alkyl carbamates (subject to hydrolysis) is 1. The predicted octanol–water partition coefficient (Wildman–Crippen LogP) is 3.69. The first-order chi connectivity index (χ1) is 11.7. The molecule has 140 valence electrons. The van der Waals surface area contributed by atoms with Gasteiger partial charge in [0.15, 0.2) is 0 Å². The number of esters is 1. The summed E-state index contributed by atoms with van der Waals surface area (Å²) >= 11 is 0. The number of ether oxygens (including phenoxy) is 3. The second-order valence-corrected chi connectivity index (χ2v) is 6.85. The number of carbonyl (C=O) groups is 2. The quantitative estimate of drug-likeness (QED) is 0.723. The first-order valence-electron chi connectivity index (χ1n) is 8.57. The SMILES string of the molecule is CCC(CC(C)OC(=O)CNC(=O)OC(C)(C)C)Oc1ccccc1. The van der Waals surface area contributed by atoms with E-state index in [0.717, 1.165) is 12.2 Å². The normalized spacial score (nSPS) is 13.5. The van der Waals surface area contributed by atoms with Crippen LogP contribution < -0.4 is 10.1 Å². The standard InChI is InChI=1S/C19H29NO5/c1-6-15(24-16-10-8-7-9-11-16)12-14(2)23-17(21)13-20-18(22)25-19(3,4)5/h7-11,14-15H,6,12-13H2,1-5H3,(H,20,22). The van der Waals surface area contributed by atoms with Gasteiger partial charge in [-0.15, -0.1) is 0 Å². The lowest BCUT2D eigenvalue weighted by Gasteiger charge is -2.22. The van der Waals surface area contributed by atoms with E-state index in [2.05, 4.69) is 5.32 Å². The molecule has 6 nitrogen and oxygen atoms in total. The van der Waals surface area contributed by atoms with Crippen molar-refractivity contribution in [3.63, 3.8) is 0 Å². The van der Waals surface area contributed by atoms with Gasteiger partial charge in [-0.05, 0) is 46.2 Å². The average molecular weight is 351 g/mol. The van der Waals surface area contributed by atoms with Crippen molar-refractivity contribution in [2.45, 2.75) is 65.3 Å². The predicted molar refractivity (Wildman–Crippen MR) is 95.6 cm³/mol. The van der Waals surface area contributed by atoms with Crippen LogP contribution in [0.15, 0.2) is 30.3 Å². The molecule has 2 atom stereocenters. The lowest BCUT2D eigenvalue weighted by Crippen LogP contribution is -2.37. The second-order valence-electron chi connectivity index (χ2n) is 6.85. The molecule has 6 heteroatoms. The highest BCUT2D eigenvalue weighted by atomic mass is 16.6. The minimum Gasteiger partial charge on any atom is -0.490 e. The Labute approximate surface area is 149 Å². The van der Waals surface area contributed by atoms with Gasteiger partial charge in [-0.1, -0.05) is 25.1 Å². The molecule has 1 N–H and O–H groups in total. The topological polar surface area (TPSA) is 73.9 Å². The monoisotopic (exact) mass is 351 g/mol. The van der Waals surface area contributed by atoms with Gasteiger partial charge >= 0.3 is 12.1 Å². The molecular formula is C19H29NO5. The Morgan fingerprint density at radius 1 is 1.16 bits per heavy atom. The number of carbonyl (C=O) groups excluding carboxylic acids is 2. The molecule has 0 fully saturated rings. The maximum Gasteiger partial charge on any atom is 0.408 e. The van der Waals surface area contributed by atoms with Crippen LogP contribution in [0.1, 0.15) is 47.5 Å². The van der Waals surface area contributed by atoms with Gasteiger partial charge in [0, 0.05) is 6.42 Å². The first kappa shape index (κ1) is 20.8. The Morgan fingerprint density at radius 3 is 2.36 bits per heavy atom. The third kappa shape index (κ3) is 9.59. The molecule has 0 aliphatic carbocycles. The summed E-state index contributed by atoms with van der Waals surface area (Å²) in [7, 11) is 0. The van der Waals surface area contributed by atoms with Crippen LogP contribution in [0.4, 0.5) is 4.79 Å². The van der Waals surface area contributed by atoms with Gasteiger partial charge in [0.1, 0.15) is 30.1 Å². The number of rotatable bonds is 8. The minimum atomic E-state index is -0.643. The number of nitrogens with one attached hydrogen (secondary N) is 1. The van der Waals surface area contributed by atoms with Crippen molar-refractivity contribution in [3.8, 4) is 5.75 Å². The van der Waals surface area contributed by atoms with Gasteiger partial charge in [-0.3, -0.25) is 4.79 Å². The van der Waals surface area contributed by atoms with Gasteiger partial charge in [0.25, 0.3) is 0 Å². The molecule has 2 unspecified atom stereocenters. The Bertz CT molecular complexity index is 538. The Morgan fingerprint density at radius 2 is 1.80 bits per heavy atom. The van der Waals surface area contributed by atoms with Gasteiger partial charge in [0.05, 0.1) is 0 Å². The molecule has 0 radical (unpaired) electrons. The van der Waals surface area contributed by atoms with Crippen molar-refractivity contribution >= 4 is 12.1 Å². The first-order valence-corrected chi connectivity index (χ1v) is 8.57. The van der Waals surface area contributed by atoms with Gasteiger partial charge < -0.3 is 19.5 Å². The minimum absolute atomic E-state index is 0.0518. The number of benzene rings is 1. The summed E-state index contributed by atoms with van der Waals surface area (Å²) in [6.07, 6.45) is 0.359. The molecule has 0 heterocycles. The highest BCUT2D eigenvalue weighted by Crippen LogP contribution is 2.16. The van der Waals surface area contributed by atoms with E-state index < -0.39 is 17.7 Å². The average Bonchev–Trinajstić information content (AvgIpc) is 2.51. The molecule has 1 rings (SSSR count). The fourth-order valence-electron chi connectivity index (χ4n) is 2.13. The molecule has 0 aromatic heterocycles. The lowest BCUT2D eigenvalue weighted by atomic mass is 10.1. The summed E-state index contributed by atoms with van der Waals surface area (Å²) in [5, 5.41) is 2.38. The van der Waals surface area contributed by atoms with E-state index in [1.807, 2.05) is 44.2 Å². The van der Waals surface area contributed by atoms with E-state index in [-0.39, 0.29) is 18.8 Å². The molecule has 0 spiro atoms. The van der Waals surface area contributed by atoms with Crippen LogP contribution >= 0.6 is 0 Å². The van der Waals surface area contributed by atoms with E-state index in [0.29, 0.717) is 6.42 Å². The molecular weight excluding hydrogens is 322 g/mol. The summed E-state index contributed by atoms with van der Waals surface area (Å²) in [6, 6.07) is 9.53. The molecule has 0 saturated carbocycles. The fourth-order valence-corrected chi connectivity index (χ4v) is 2.13. The van der Waals surface area contributed by atoms with E-state index in [4.69, 9.17) is 14.2 Å². The summed E-state index contributed by atoms with van der Waals surface area (Å²) in [5.41, 5.74) is -0.607. The molecule has 0 saturated heterocycles. The van der Waals surface area contributed by atoms with Crippen molar-refractivity contribution in [1.82, 2.24) is 5.32 Å². The maximum atomic E-state index is 11.8. The third-order valence-corrected chi connectivity index (χ3v) is 3.20. The lowest BCUT2D eigenvalue weighted by molar-refractivity contribution is -0.148. The fraction of sp³-hybridized carbons (Fsp3) is 0.579. The highest BCUT2D eigenvalue weighted by molar-refractivity contribution is 5.78. The number of para-hydroxylation sites is 1. The van der Waals surface area contributed by atoms with Crippen molar-refractivity contribution in [3.05, 3.63) is 30.3 Å². The summed E-state index contributed by atoms with van der Waals surface area (Å²) < 4.78 is 16.3. The van der Waals surface area contributed by atoms with E-state index in [1.54, 1.807) is 20.8 Å². The number of hydrogen-bond acceptors (Lipinski definition) is 5. The zero-order chi connectivity index (χ0) is 18.9. The van der Waals surface area contributed by atoms with Crippen LogP contribution in [0, 0.1) is 0 Å². The summed E-state index contributed by atoms with van der Waals surface area (Å²) in [4.78, 5) is 23.3. The number of amides is 1. The molecule has 1 aromatic rings. The third-order valence-electron chi connectivity index (χ3n) is 3.20. The van der Waals surface area contributed by atoms with Crippen LogP contribution in [-0.4, -0.2) is 36.4 Å². The summed E-state index contributed by atoms with van der Waals surface area (Å²) in [6.45, 7) is 8.87. The van der Waals surface area contributed by atoms with Crippen molar-refractivity contribution in [1.29, 1.82) is 0 Å². The van der Waals surface area contributed by atoms with Crippen molar-refractivity contribution < 1.29 is 23.8 Å². The van der Waals surface area contributed by atoms with E-state index >= 15 is 0 Å². The highest BCUT2D eigenvalue weighted by Gasteiger charge is 2.19. The zero-order valence-electron chi connectivity index (χ0n) is 15.7. The number of hydrogen-bond donors (Lipinski definition) is 1. The van der Waals surface area contributed by atoms with E-state index in [9.17, 15) is 9.59 Å². The summed E-state index contributed by atoms with van der Waals surface area (Å²) in [5.74, 6) is 0.285. The van der Waals surface area contributed by atoms with Crippen LogP contribution in [-0.2, 0) is 14.3 Å². The largest absolute Gasteiger partial charge is 0.490 e. The van der Waals surface area contributed by atoms with Crippen LogP contribution in [0.3, 0.4) is 0 Å². The van der Waals surface area contributed by atoms with Crippen LogP contribution in [0.25, 0.3) is 0 Å². The van der Waals surface area contributed by atoms with E-state index in [1.165, 1.54) is 0 Å². The Kier molecular flexibility index (Phi) is 8.25. The molecule has 1 amide bonds. The molecule has 0 bridgehead atoms. The molecule has 1 aromatic carbocycles. The van der Waals surface area contributed by atoms with Gasteiger partial charge in [0.2, 0.25) is 0 Å². The van der Waals surface area contributed by atoms with Gasteiger partial charge in [-0.25, -0.2) is 4.79 Å². The Balaban J connectivity index is 2.35. The molecule has 0 aliphatic rings. The Hall–Kier alpha value is -2.24. The van der Waals surface area contributed by atoms with Crippen LogP contribution in [0.5, 0.6) is 5.75 Å². The van der Waals surface area contributed by atoms with Crippen molar-refractivity contribution in [2.24, 2.45) is 0 Å². The second kappa shape index (κ2) is 9.91. The maximum absolute atomic E-state index is 11.8. The van der Waals surface area contributed by atoms with Gasteiger partial charge in [-0.2, -0.15) is 0 Å². The zero-order valence-corrected chi connectivity index (χ0v) is 15.7. The smallest absolute Gasteiger partial charge is 0.408 e.